The van der Waals surface area contributed by atoms with Crippen molar-refractivity contribution in [2.45, 2.75) is 31.7 Å². The van der Waals surface area contributed by atoms with Gasteiger partial charge in [-0.3, -0.25) is 4.79 Å². The first-order valence-electron chi connectivity index (χ1n) is 7.84. The van der Waals surface area contributed by atoms with Gasteiger partial charge in [-0.25, -0.2) is 0 Å². The van der Waals surface area contributed by atoms with Crippen LogP contribution in [0, 0.1) is 5.92 Å². The number of halogens is 1. The van der Waals surface area contributed by atoms with Crippen LogP contribution in [0.25, 0.3) is 0 Å². The lowest BCUT2D eigenvalue weighted by atomic mass is 9.80. The third kappa shape index (κ3) is 3.33. The van der Waals surface area contributed by atoms with E-state index in [4.69, 9.17) is 11.6 Å². The molecule has 3 heteroatoms. The standard InChI is InChI=1S/C19H20ClNO/c20-17-12-6-4-10-15(17)19(16-11-5-7-13-18(16)22)21-14-8-2-1-3-9-14/h1-4,6,8-10,12,16,19,21H,5,7,11,13H2/t16-,19-/m0/s1. The van der Waals surface area contributed by atoms with Crippen LogP contribution in [0.5, 0.6) is 0 Å². The number of benzene rings is 2. The van der Waals surface area contributed by atoms with Crippen LogP contribution in [-0.2, 0) is 4.79 Å². The highest BCUT2D eigenvalue weighted by Gasteiger charge is 2.32. The minimum Gasteiger partial charge on any atom is -0.377 e. The Morgan fingerprint density at radius 1 is 1.00 bits per heavy atom. The number of Topliss-reactive ketones (excluding diaryl/α,β-unsaturated/α-hetero) is 1. The molecule has 1 fully saturated rings. The Morgan fingerprint density at radius 3 is 2.45 bits per heavy atom. The Morgan fingerprint density at radius 2 is 1.73 bits per heavy atom. The summed E-state index contributed by atoms with van der Waals surface area (Å²) in [6, 6.07) is 17.8. The van der Waals surface area contributed by atoms with E-state index >= 15 is 0 Å². The predicted molar refractivity (Wildman–Crippen MR) is 91.2 cm³/mol. The van der Waals surface area contributed by atoms with Crippen LogP contribution < -0.4 is 5.32 Å². The minimum absolute atomic E-state index is 0.00569. The molecular formula is C19H20ClNO. The molecule has 1 N–H and O–H groups in total. The molecule has 1 aliphatic rings. The molecule has 0 radical (unpaired) electrons. The molecule has 2 atom stereocenters. The molecule has 0 aromatic heterocycles. The molecule has 0 amide bonds. The lowest BCUT2D eigenvalue weighted by molar-refractivity contribution is -0.125. The van der Waals surface area contributed by atoms with E-state index in [1.54, 1.807) is 0 Å². The Labute approximate surface area is 136 Å². The molecule has 2 aromatic carbocycles. The van der Waals surface area contributed by atoms with Gasteiger partial charge in [-0.2, -0.15) is 0 Å². The number of carbonyl (C=O) groups is 1. The summed E-state index contributed by atoms with van der Waals surface area (Å²) in [5.41, 5.74) is 2.03. The molecule has 0 aliphatic heterocycles. The second-order valence-electron chi connectivity index (χ2n) is 5.83. The summed E-state index contributed by atoms with van der Waals surface area (Å²) in [5, 5.41) is 4.25. The van der Waals surface area contributed by atoms with Crippen LogP contribution in [0.1, 0.15) is 37.3 Å². The summed E-state index contributed by atoms with van der Waals surface area (Å²) in [5.74, 6) is 0.341. The first kappa shape index (κ1) is 15.1. The zero-order valence-electron chi connectivity index (χ0n) is 12.5. The summed E-state index contributed by atoms with van der Waals surface area (Å²) < 4.78 is 0. The van der Waals surface area contributed by atoms with E-state index in [0.29, 0.717) is 17.2 Å². The molecule has 0 bridgehead atoms. The van der Waals surface area contributed by atoms with Crippen molar-refractivity contribution >= 4 is 23.1 Å². The molecule has 0 spiro atoms. The quantitative estimate of drug-likeness (QED) is 0.835. The maximum absolute atomic E-state index is 12.4. The average molecular weight is 314 g/mol. The van der Waals surface area contributed by atoms with E-state index in [0.717, 1.165) is 30.5 Å². The summed E-state index contributed by atoms with van der Waals surface area (Å²) in [7, 11) is 0. The monoisotopic (exact) mass is 313 g/mol. The molecule has 0 saturated heterocycles. The number of ketones is 1. The molecule has 1 saturated carbocycles. The topological polar surface area (TPSA) is 29.1 Å². The molecular weight excluding hydrogens is 294 g/mol. The van der Waals surface area contributed by atoms with Gasteiger partial charge >= 0.3 is 0 Å². The van der Waals surface area contributed by atoms with E-state index in [-0.39, 0.29) is 12.0 Å². The minimum atomic E-state index is -0.0658. The van der Waals surface area contributed by atoms with Crippen molar-refractivity contribution in [3.63, 3.8) is 0 Å². The van der Waals surface area contributed by atoms with Crippen LogP contribution >= 0.6 is 11.6 Å². The highest BCUT2D eigenvalue weighted by molar-refractivity contribution is 6.31. The second kappa shape index (κ2) is 6.97. The Balaban J connectivity index is 1.94. The number of rotatable bonds is 4. The molecule has 22 heavy (non-hydrogen) atoms. The Hall–Kier alpha value is -1.80. The van der Waals surface area contributed by atoms with Crippen molar-refractivity contribution in [2.75, 3.05) is 5.32 Å². The van der Waals surface area contributed by atoms with Crippen molar-refractivity contribution < 1.29 is 4.79 Å². The number of hydrogen-bond donors (Lipinski definition) is 1. The van der Waals surface area contributed by atoms with E-state index in [9.17, 15) is 4.79 Å². The molecule has 2 aromatic rings. The number of para-hydroxylation sites is 1. The van der Waals surface area contributed by atoms with Crippen LogP contribution in [0.2, 0.25) is 5.02 Å². The molecule has 1 aliphatic carbocycles. The maximum Gasteiger partial charge on any atom is 0.138 e. The van der Waals surface area contributed by atoms with Gasteiger partial charge in [0.2, 0.25) is 0 Å². The summed E-state index contributed by atoms with van der Waals surface area (Å²) in [6.07, 6.45) is 3.72. The average Bonchev–Trinajstić information content (AvgIpc) is 2.55. The zero-order valence-corrected chi connectivity index (χ0v) is 13.2. The molecule has 0 unspecified atom stereocenters. The van der Waals surface area contributed by atoms with Gasteiger partial charge in [0.15, 0.2) is 0 Å². The van der Waals surface area contributed by atoms with Gasteiger partial charge in [0.1, 0.15) is 5.78 Å². The van der Waals surface area contributed by atoms with Crippen LogP contribution in [0.3, 0.4) is 0 Å². The largest absolute Gasteiger partial charge is 0.377 e. The fraction of sp³-hybridized carbons (Fsp3) is 0.316. The van der Waals surface area contributed by atoms with Crippen molar-refractivity contribution in [1.82, 2.24) is 0 Å². The third-order valence-electron chi connectivity index (χ3n) is 4.34. The van der Waals surface area contributed by atoms with Crippen molar-refractivity contribution in [3.8, 4) is 0 Å². The fourth-order valence-electron chi connectivity index (χ4n) is 3.20. The second-order valence-corrected chi connectivity index (χ2v) is 6.24. The zero-order chi connectivity index (χ0) is 15.4. The van der Waals surface area contributed by atoms with Crippen molar-refractivity contribution in [1.29, 1.82) is 0 Å². The predicted octanol–water partition coefficient (Wildman–Crippen LogP) is 5.25. The number of nitrogens with one attached hydrogen (secondary N) is 1. The van der Waals surface area contributed by atoms with Gasteiger partial charge in [0.25, 0.3) is 0 Å². The molecule has 114 valence electrons. The van der Waals surface area contributed by atoms with E-state index < -0.39 is 0 Å². The highest BCUT2D eigenvalue weighted by atomic mass is 35.5. The third-order valence-corrected chi connectivity index (χ3v) is 4.68. The smallest absolute Gasteiger partial charge is 0.138 e. The SMILES string of the molecule is O=C1CCCC[C@@H]1[C@@H](Nc1ccccc1)c1ccccc1Cl. The highest BCUT2D eigenvalue weighted by Crippen LogP contribution is 2.37. The van der Waals surface area contributed by atoms with Gasteiger partial charge in [0.05, 0.1) is 6.04 Å². The number of hydrogen-bond acceptors (Lipinski definition) is 2. The lowest BCUT2D eigenvalue weighted by Gasteiger charge is -2.31. The van der Waals surface area contributed by atoms with Gasteiger partial charge in [0, 0.05) is 23.0 Å². The number of anilines is 1. The molecule has 3 rings (SSSR count). The van der Waals surface area contributed by atoms with E-state index in [1.807, 2.05) is 54.6 Å². The van der Waals surface area contributed by atoms with Crippen molar-refractivity contribution in [2.24, 2.45) is 5.92 Å². The van der Waals surface area contributed by atoms with Gasteiger partial charge < -0.3 is 5.32 Å². The first-order valence-corrected chi connectivity index (χ1v) is 8.22. The van der Waals surface area contributed by atoms with Crippen LogP contribution in [0.15, 0.2) is 54.6 Å². The van der Waals surface area contributed by atoms with Gasteiger partial charge in [-0.1, -0.05) is 54.4 Å². The first-order chi connectivity index (χ1) is 10.8. The fourth-order valence-corrected chi connectivity index (χ4v) is 3.45. The lowest BCUT2D eigenvalue weighted by Crippen LogP contribution is -2.30. The summed E-state index contributed by atoms with van der Waals surface area (Å²) in [6.45, 7) is 0. The Bertz CT molecular complexity index is 641. The van der Waals surface area contributed by atoms with E-state index in [2.05, 4.69) is 5.32 Å². The summed E-state index contributed by atoms with van der Waals surface area (Å²) >= 11 is 6.40. The van der Waals surface area contributed by atoms with Crippen LogP contribution in [0.4, 0.5) is 5.69 Å². The summed E-state index contributed by atoms with van der Waals surface area (Å²) in [4.78, 5) is 12.4. The van der Waals surface area contributed by atoms with Gasteiger partial charge in [-0.05, 0) is 36.6 Å². The van der Waals surface area contributed by atoms with Crippen LogP contribution in [-0.4, -0.2) is 5.78 Å². The molecule has 2 nitrogen and oxygen atoms in total. The Kier molecular flexibility index (Phi) is 4.79. The molecule has 0 heterocycles. The number of carbonyl (C=O) groups excluding carboxylic acids is 1. The normalized spacial score (nSPS) is 19.7. The van der Waals surface area contributed by atoms with Crippen molar-refractivity contribution in [3.05, 3.63) is 65.2 Å². The maximum atomic E-state index is 12.4. The van der Waals surface area contributed by atoms with E-state index in [1.165, 1.54) is 0 Å². The van der Waals surface area contributed by atoms with Gasteiger partial charge in [-0.15, -0.1) is 0 Å².